The molecule has 2 heterocycles. The van der Waals surface area contributed by atoms with Gasteiger partial charge in [-0.3, -0.25) is 19.1 Å². The molecule has 156 valence electrons. The predicted octanol–water partition coefficient (Wildman–Crippen LogP) is 1.76. The molecule has 0 radical (unpaired) electrons. The Bertz CT molecular complexity index is 1080. The minimum Gasteiger partial charge on any atom is -0.484 e. The van der Waals surface area contributed by atoms with Crippen molar-refractivity contribution in [2.45, 2.75) is 6.54 Å². The molecule has 3 aromatic rings. The topological polar surface area (TPSA) is 67.7 Å². The fraction of sp³-hybridized carbons (Fsp3) is 0.318. The third-order valence-electron chi connectivity index (χ3n) is 5.29. The van der Waals surface area contributed by atoms with Crippen molar-refractivity contribution in [2.24, 2.45) is 0 Å². The molecule has 8 heteroatoms. The van der Waals surface area contributed by atoms with Crippen LogP contribution in [0.2, 0.25) is 0 Å². The minimum atomic E-state index is -0.341. The van der Waals surface area contributed by atoms with Crippen LogP contribution in [-0.2, 0) is 11.3 Å². The summed E-state index contributed by atoms with van der Waals surface area (Å²) in [6.07, 6.45) is 1.59. The second-order valence-electron chi connectivity index (χ2n) is 7.23. The summed E-state index contributed by atoms with van der Waals surface area (Å²) in [5.74, 6) is 0.0401. The maximum atomic E-state index is 12.9. The number of nitrogens with zero attached hydrogens (tertiary/aromatic N) is 4. The number of hydrogen-bond donors (Lipinski definition) is 0. The number of aromatic nitrogens is 2. The lowest BCUT2D eigenvalue weighted by Crippen LogP contribution is -2.50. The van der Waals surface area contributed by atoms with Gasteiger partial charge in [-0.1, -0.05) is 12.1 Å². The number of amides is 1. The fourth-order valence-electron chi connectivity index (χ4n) is 3.50. The summed E-state index contributed by atoms with van der Waals surface area (Å²) in [5, 5.41) is 0.622. The highest BCUT2D eigenvalue weighted by atomic mass is 19.1. The summed E-state index contributed by atoms with van der Waals surface area (Å²) in [5.41, 5.74) is 0.668. The van der Waals surface area contributed by atoms with Gasteiger partial charge in [0.05, 0.1) is 17.2 Å². The van der Waals surface area contributed by atoms with Gasteiger partial charge in [-0.05, 0) is 36.4 Å². The molecule has 2 aromatic carbocycles. The molecule has 1 aliphatic rings. The van der Waals surface area contributed by atoms with E-state index >= 15 is 0 Å². The summed E-state index contributed by atoms with van der Waals surface area (Å²) in [7, 11) is 0. The van der Waals surface area contributed by atoms with E-state index in [1.807, 2.05) is 18.2 Å². The van der Waals surface area contributed by atoms with Gasteiger partial charge in [-0.25, -0.2) is 9.37 Å². The monoisotopic (exact) mass is 410 g/mol. The highest BCUT2D eigenvalue weighted by Gasteiger charge is 2.21. The molecule has 7 nitrogen and oxygen atoms in total. The van der Waals surface area contributed by atoms with Gasteiger partial charge in [0.2, 0.25) is 0 Å². The predicted molar refractivity (Wildman–Crippen MR) is 111 cm³/mol. The van der Waals surface area contributed by atoms with E-state index < -0.39 is 0 Å². The first-order chi connectivity index (χ1) is 14.6. The van der Waals surface area contributed by atoms with Gasteiger partial charge in [0.1, 0.15) is 11.6 Å². The molecule has 0 spiro atoms. The number of piperazine rings is 1. The Morgan fingerprint density at radius 3 is 2.50 bits per heavy atom. The Balaban J connectivity index is 1.24. The summed E-state index contributed by atoms with van der Waals surface area (Å²) >= 11 is 0. The first-order valence-corrected chi connectivity index (χ1v) is 9.93. The maximum Gasteiger partial charge on any atom is 0.261 e. The van der Waals surface area contributed by atoms with E-state index in [2.05, 4.69) is 9.88 Å². The van der Waals surface area contributed by atoms with E-state index in [0.717, 1.165) is 13.1 Å². The molecule has 0 atom stereocenters. The fourth-order valence-corrected chi connectivity index (χ4v) is 3.50. The zero-order valence-corrected chi connectivity index (χ0v) is 16.5. The number of carbonyl (C=O) groups is 1. The number of benzene rings is 2. The molecule has 0 saturated carbocycles. The third-order valence-corrected chi connectivity index (χ3v) is 5.29. The van der Waals surface area contributed by atoms with Gasteiger partial charge in [-0.2, -0.15) is 0 Å². The SMILES string of the molecule is O=C(COc1ccc(F)cc1)N1CCN(CCn2cnc3ccccc3c2=O)CC1. The highest BCUT2D eigenvalue weighted by Crippen LogP contribution is 2.12. The Labute approximate surface area is 173 Å². The van der Waals surface area contributed by atoms with Crippen LogP contribution in [0.1, 0.15) is 0 Å². The second-order valence-corrected chi connectivity index (χ2v) is 7.23. The molecule has 0 bridgehead atoms. The third kappa shape index (κ3) is 4.65. The number of para-hydroxylation sites is 1. The van der Waals surface area contributed by atoms with Gasteiger partial charge < -0.3 is 9.64 Å². The van der Waals surface area contributed by atoms with E-state index in [1.165, 1.54) is 24.3 Å². The van der Waals surface area contributed by atoms with Crippen molar-refractivity contribution in [3.05, 3.63) is 71.0 Å². The van der Waals surface area contributed by atoms with Crippen LogP contribution in [-0.4, -0.2) is 64.6 Å². The van der Waals surface area contributed by atoms with E-state index in [4.69, 9.17) is 4.74 Å². The van der Waals surface area contributed by atoms with E-state index in [9.17, 15) is 14.0 Å². The molecular weight excluding hydrogens is 387 g/mol. The Morgan fingerprint density at radius 1 is 1.00 bits per heavy atom. The number of carbonyl (C=O) groups excluding carboxylic acids is 1. The van der Waals surface area contributed by atoms with Crippen LogP contribution in [0.25, 0.3) is 10.9 Å². The zero-order valence-electron chi connectivity index (χ0n) is 16.5. The summed E-state index contributed by atoms with van der Waals surface area (Å²) in [4.78, 5) is 33.3. The van der Waals surface area contributed by atoms with Crippen molar-refractivity contribution in [2.75, 3.05) is 39.3 Å². The lowest BCUT2D eigenvalue weighted by Gasteiger charge is -2.34. The van der Waals surface area contributed by atoms with Crippen molar-refractivity contribution in [1.82, 2.24) is 19.4 Å². The summed E-state index contributed by atoms with van der Waals surface area (Å²) in [6.45, 7) is 3.89. The highest BCUT2D eigenvalue weighted by molar-refractivity contribution is 5.78. The average molecular weight is 410 g/mol. The molecule has 0 N–H and O–H groups in total. The molecule has 4 rings (SSSR count). The van der Waals surface area contributed by atoms with Gasteiger partial charge in [-0.15, -0.1) is 0 Å². The van der Waals surface area contributed by atoms with Gasteiger partial charge in [0.15, 0.2) is 6.61 Å². The lowest BCUT2D eigenvalue weighted by molar-refractivity contribution is -0.135. The first-order valence-electron chi connectivity index (χ1n) is 9.93. The number of fused-ring (bicyclic) bond motifs is 1. The smallest absolute Gasteiger partial charge is 0.261 e. The summed E-state index contributed by atoms with van der Waals surface area (Å²) < 4.78 is 20.0. The van der Waals surface area contributed by atoms with Crippen molar-refractivity contribution in [3.8, 4) is 5.75 Å². The lowest BCUT2D eigenvalue weighted by atomic mass is 10.2. The zero-order chi connectivity index (χ0) is 20.9. The molecule has 1 fully saturated rings. The van der Waals surface area contributed by atoms with Gasteiger partial charge in [0, 0.05) is 39.3 Å². The second kappa shape index (κ2) is 9.04. The molecule has 1 saturated heterocycles. The summed E-state index contributed by atoms with van der Waals surface area (Å²) in [6, 6.07) is 12.9. The van der Waals surface area contributed by atoms with Crippen LogP contribution in [0, 0.1) is 5.82 Å². The van der Waals surface area contributed by atoms with Crippen molar-refractivity contribution < 1.29 is 13.9 Å². The first kappa shape index (κ1) is 20.0. The number of halogens is 1. The molecule has 0 aliphatic carbocycles. The molecule has 1 aromatic heterocycles. The van der Waals surface area contributed by atoms with Crippen molar-refractivity contribution >= 4 is 16.8 Å². The Hall–Kier alpha value is -3.26. The van der Waals surface area contributed by atoms with Crippen LogP contribution in [0.4, 0.5) is 4.39 Å². The number of ether oxygens (including phenoxy) is 1. The Morgan fingerprint density at radius 2 is 1.73 bits per heavy atom. The molecule has 0 unspecified atom stereocenters. The van der Waals surface area contributed by atoms with E-state index in [1.54, 1.807) is 21.9 Å². The standard InChI is InChI=1S/C22H23FN4O3/c23-17-5-7-18(8-6-17)30-15-21(28)26-12-9-25(10-13-26)11-14-27-16-24-20-4-2-1-3-19(20)22(27)29/h1-8,16H,9-15H2. The molecular formula is C22H23FN4O3. The van der Waals surface area contributed by atoms with Crippen LogP contribution in [0.3, 0.4) is 0 Å². The van der Waals surface area contributed by atoms with Gasteiger partial charge in [0.25, 0.3) is 11.5 Å². The quantitative estimate of drug-likeness (QED) is 0.620. The van der Waals surface area contributed by atoms with Crippen molar-refractivity contribution in [3.63, 3.8) is 0 Å². The molecule has 1 aliphatic heterocycles. The normalized spacial score (nSPS) is 14.8. The van der Waals surface area contributed by atoms with Crippen LogP contribution < -0.4 is 10.3 Å². The van der Waals surface area contributed by atoms with Crippen LogP contribution >= 0.6 is 0 Å². The maximum absolute atomic E-state index is 12.9. The average Bonchev–Trinajstić information content (AvgIpc) is 2.78. The van der Waals surface area contributed by atoms with Crippen LogP contribution in [0.15, 0.2) is 59.7 Å². The van der Waals surface area contributed by atoms with Crippen LogP contribution in [0.5, 0.6) is 5.75 Å². The number of rotatable bonds is 6. The van der Waals surface area contributed by atoms with Gasteiger partial charge >= 0.3 is 0 Å². The number of hydrogen-bond acceptors (Lipinski definition) is 5. The largest absolute Gasteiger partial charge is 0.484 e. The molecule has 1 amide bonds. The minimum absolute atomic E-state index is 0.0349. The van der Waals surface area contributed by atoms with E-state index in [-0.39, 0.29) is 23.9 Å². The van der Waals surface area contributed by atoms with Crippen molar-refractivity contribution in [1.29, 1.82) is 0 Å². The Kier molecular flexibility index (Phi) is 6.04. The molecule has 30 heavy (non-hydrogen) atoms. The van der Waals surface area contributed by atoms with E-state index in [0.29, 0.717) is 42.8 Å².